The van der Waals surface area contributed by atoms with Crippen LogP contribution in [0, 0.1) is 11.3 Å². The van der Waals surface area contributed by atoms with Crippen LogP contribution in [0.4, 0.5) is 0 Å². The first-order valence-electron chi connectivity index (χ1n) is 5.74. The Hall–Kier alpha value is -1.12. The molecule has 0 spiro atoms. The molecule has 1 heterocycles. The van der Waals surface area contributed by atoms with Gasteiger partial charge in [0.2, 0.25) is 5.91 Å². The highest BCUT2D eigenvalue weighted by Crippen LogP contribution is 2.05. The van der Waals surface area contributed by atoms with E-state index < -0.39 is 0 Å². The van der Waals surface area contributed by atoms with Crippen molar-refractivity contribution in [2.45, 2.75) is 19.4 Å². The number of nitrogens with zero attached hydrogens (tertiary/aromatic N) is 3. The fourth-order valence-corrected chi connectivity index (χ4v) is 1.84. The van der Waals surface area contributed by atoms with Gasteiger partial charge in [0.1, 0.15) is 0 Å². The molecule has 5 nitrogen and oxygen atoms in total. The van der Waals surface area contributed by atoms with E-state index in [0.29, 0.717) is 6.42 Å². The fraction of sp³-hybridized carbons (Fsp3) is 0.818. The van der Waals surface area contributed by atoms with Crippen LogP contribution < -0.4 is 5.32 Å². The predicted molar refractivity (Wildman–Crippen MR) is 61.8 cm³/mol. The van der Waals surface area contributed by atoms with E-state index in [2.05, 4.69) is 21.2 Å². The topological polar surface area (TPSA) is 59.4 Å². The normalized spacial score (nSPS) is 20.1. The van der Waals surface area contributed by atoms with Gasteiger partial charge in [-0.3, -0.25) is 9.69 Å². The van der Waals surface area contributed by atoms with E-state index in [1.807, 2.05) is 6.92 Å². The third-order valence-electron chi connectivity index (χ3n) is 3.08. The van der Waals surface area contributed by atoms with Gasteiger partial charge in [0, 0.05) is 46.2 Å². The Morgan fingerprint density at radius 2 is 2.06 bits per heavy atom. The minimum atomic E-state index is 0.00101. The average Bonchev–Trinajstić information content (AvgIpc) is 2.35. The van der Waals surface area contributed by atoms with Crippen molar-refractivity contribution in [2.24, 2.45) is 0 Å². The van der Waals surface area contributed by atoms with Crippen molar-refractivity contribution in [1.82, 2.24) is 15.1 Å². The zero-order valence-electron chi connectivity index (χ0n) is 10.1. The summed E-state index contributed by atoms with van der Waals surface area (Å²) in [7, 11) is 1.66. The lowest BCUT2D eigenvalue weighted by Crippen LogP contribution is -2.49. The number of hydrogen-bond donors (Lipinski definition) is 1. The number of amides is 1. The van der Waals surface area contributed by atoms with Crippen LogP contribution in [0.25, 0.3) is 0 Å². The van der Waals surface area contributed by atoms with Crippen LogP contribution in [-0.2, 0) is 4.79 Å². The molecule has 1 unspecified atom stereocenters. The molecule has 0 saturated carbocycles. The Morgan fingerprint density at radius 1 is 1.44 bits per heavy atom. The molecule has 90 valence electrons. The molecule has 1 rings (SSSR count). The van der Waals surface area contributed by atoms with Crippen molar-refractivity contribution in [3.05, 3.63) is 0 Å². The zero-order chi connectivity index (χ0) is 12.0. The highest BCUT2D eigenvalue weighted by Gasteiger charge is 2.20. The largest absolute Gasteiger partial charge is 0.359 e. The maximum absolute atomic E-state index is 11.1. The minimum absolute atomic E-state index is 0.00101. The molecule has 0 aliphatic carbocycles. The van der Waals surface area contributed by atoms with Gasteiger partial charge in [-0.15, -0.1) is 0 Å². The Morgan fingerprint density at radius 3 is 2.56 bits per heavy atom. The first-order valence-corrected chi connectivity index (χ1v) is 5.74. The summed E-state index contributed by atoms with van der Waals surface area (Å²) in [5.41, 5.74) is 0. The molecule has 5 heteroatoms. The molecule has 0 aromatic rings. The standard InChI is InChI=1S/C11H20N4O/c1-10(9-12)15-7-5-14(6-8-15)4-3-11(16)13-2/h10H,3-8H2,1-2H3,(H,13,16). The van der Waals surface area contributed by atoms with Crippen molar-refractivity contribution in [2.75, 3.05) is 39.8 Å². The summed E-state index contributed by atoms with van der Waals surface area (Å²) < 4.78 is 0. The highest BCUT2D eigenvalue weighted by molar-refractivity contribution is 5.75. The second-order valence-electron chi connectivity index (χ2n) is 4.11. The Balaban J connectivity index is 2.22. The summed E-state index contributed by atoms with van der Waals surface area (Å²) in [5, 5.41) is 11.4. The quantitative estimate of drug-likeness (QED) is 0.709. The summed E-state index contributed by atoms with van der Waals surface area (Å²) in [6.45, 7) is 6.48. The Bertz CT molecular complexity index is 266. The van der Waals surface area contributed by atoms with E-state index in [9.17, 15) is 4.79 Å². The summed E-state index contributed by atoms with van der Waals surface area (Å²) in [5.74, 6) is 0.0906. The third-order valence-corrected chi connectivity index (χ3v) is 3.08. The lowest BCUT2D eigenvalue weighted by atomic mass is 10.2. The SMILES string of the molecule is CNC(=O)CCN1CCN(C(C)C#N)CC1. The van der Waals surface area contributed by atoms with E-state index in [1.165, 1.54) is 0 Å². The number of hydrogen-bond acceptors (Lipinski definition) is 4. The molecule has 1 amide bonds. The number of carbonyl (C=O) groups excluding carboxylic acids is 1. The third kappa shape index (κ3) is 3.80. The molecule has 1 aliphatic rings. The zero-order valence-corrected chi connectivity index (χ0v) is 10.1. The van der Waals surface area contributed by atoms with Gasteiger partial charge in [-0.25, -0.2) is 0 Å². The maximum atomic E-state index is 11.1. The van der Waals surface area contributed by atoms with E-state index >= 15 is 0 Å². The van der Waals surface area contributed by atoms with Crippen molar-refractivity contribution in [3.8, 4) is 6.07 Å². The monoisotopic (exact) mass is 224 g/mol. The van der Waals surface area contributed by atoms with E-state index in [-0.39, 0.29) is 11.9 Å². The lowest BCUT2D eigenvalue weighted by molar-refractivity contribution is -0.121. The molecule has 0 bridgehead atoms. The number of nitriles is 1. The van der Waals surface area contributed by atoms with Crippen molar-refractivity contribution in [1.29, 1.82) is 5.26 Å². The lowest BCUT2D eigenvalue weighted by Gasteiger charge is -2.35. The summed E-state index contributed by atoms with van der Waals surface area (Å²) in [6.07, 6.45) is 0.560. The van der Waals surface area contributed by atoms with Gasteiger partial charge >= 0.3 is 0 Å². The van der Waals surface area contributed by atoms with Crippen LogP contribution in [0.3, 0.4) is 0 Å². The highest BCUT2D eigenvalue weighted by atomic mass is 16.1. The Labute approximate surface area is 97.0 Å². The van der Waals surface area contributed by atoms with Crippen LogP contribution in [0.1, 0.15) is 13.3 Å². The molecular weight excluding hydrogens is 204 g/mol. The molecule has 1 saturated heterocycles. The molecule has 0 radical (unpaired) electrons. The van der Waals surface area contributed by atoms with Gasteiger partial charge in [-0.2, -0.15) is 5.26 Å². The first kappa shape index (κ1) is 12.9. The molecular formula is C11H20N4O. The van der Waals surface area contributed by atoms with E-state index in [0.717, 1.165) is 32.7 Å². The molecule has 16 heavy (non-hydrogen) atoms. The van der Waals surface area contributed by atoms with Crippen LogP contribution >= 0.6 is 0 Å². The van der Waals surface area contributed by atoms with Crippen LogP contribution in [0.2, 0.25) is 0 Å². The summed E-state index contributed by atoms with van der Waals surface area (Å²) >= 11 is 0. The number of nitrogens with one attached hydrogen (secondary N) is 1. The van der Waals surface area contributed by atoms with Gasteiger partial charge in [-0.05, 0) is 6.92 Å². The van der Waals surface area contributed by atoms with Gasteiger partial charge in [0.25, 0.3) is 0 Å². The average molecular weight is 224 g/mol. The maximum Gasteiger partial charge on any atom is 0.221 e. The minimum Gasteiger partial charge on any atom is -0.359 e. The second-order valence-corrected chi connectivity index (χ2v) is 4.11. The van der Waals surface area contributed by atoms with Crippen LogP contribution in [0.15, 0.2) is 0 Å². The molecule has 1 N–H and O–H groups in total. The Kier molecular flexibility index (Phi) is 5.23. The van der Waals surface area contributed by atoms with Gasteiger partial charge in [0.15, 0.2) is 0 Å². The molecule has 0 aromatic carbocycles. The number of rotatable bonds is 4. The first-order chi connectivity index (χ1) is 7.67. The smallest absolute Gasteiger partial charge is 0.221 e. The number of piperazine rings is 1. The van der Waals surface area contributed by atoms with Crippen molar-refractivity contribution >= 4 is 5.91 Å². The second kappa shape index (κ2) is 6.46. The molecule has 1 aliphatic heterocycles. The summed E-state index contributed by atoms with van der Waals surface area (Å²) in [4.78, 5) is 15.5. The van der Waals surface area contributed by atoms with Crippen molar-refractivity contribution < 1.29 is 4.79 Å². The van der Waals surface area contributed by atoms with Crippen molar-refractivity contribution in [3.63, 3.8) is 0 Å². The van der Waals surface area contributed by atoms with Crippen LogP contribution in [-0.4, -0.2) is 61.5 Å². The van der Waals surface area contributed by atoms with E-state index in [4.69, 9.17) is 5.26 Å². The van der Waals surface area contributed by atoms with Gasteiger partial charge in [0.05, 0.1) is 12.1 Å². The molecule has 0 aromatic heterocycles. The summed E-state index contributed by atoms with van der Waals surface area (Å²) in [6, 6.07) is 2.25. The number of carbonyl (C=O) groups is 1. The van der Waals surface area contributed by atoms with Gasteiger partial charge in [-0.1, -0.05) is 0 Å². The van der Waals surface area contributed by atoms with Crippen LogP contribution in [0.5, 0.6) is 0 Å². The van der Waals surface area contributed by atoms with E-state index in [1.54, 1.807) is 7.05 Å². The fourth-order valence-electron chi connectivity index (χ4n) is 1.84. The molecule has 1 fully saturated rings. The van der Waals surface area contributed by atoms with Gasteiger partial charge < -0.3 is 10.2 Å². The molecule has 1 atom stereocenters. The predicted octanol–water partition coefficient (Wildman–Crippen LogP) is -0.348.